The molecular weight excluding hydrogens is 701 g/mol. The first kappa shape index (κ1) is 34.8. The zero-order chi connectivity index (χ0) is 32.8. The second kappa shape index (κ2) is 15.5. The molecule has 3 aromatic carbocycles. The number of benzene rings is 3. The summed E-state index contributed by atoms with van der Waals surface area (Å²) in [5.41, 5.74) is 5.64. The summed E-state index contributed by atoms with van der Waals surface area (Å²) >= 11 is -2.03. The van der Waals surface area contributed by atoms with Gasteiger partial charge in [0, 0.05) is 5.69 Å². The normalized spacial score (nSPS) is 17.6. The SMILES string of the molecule is CC(C)[OH+]c1ccc([N+](=O)[O-])cc1[CH]=[Ru]([Cl])[Cl].CC(C)c1cccc(C(C)C)c1N1[CH-]C2C(F)=CC=CN2C1c1ccccc1. The molecule has 1 N–H and O–H groups in total. The third-order valence-electron chi connectivity index (χ3n) is 7.47. The van der Waals surface area contributed by atoms with Crippen LogP contribution in [0.15, 0.2) is 90.9 Å². The first-order chi connectivity index (χ1) is 21.4. The summed E-state index contributed by atoms with van der Waals surface area (Å²) in [6.45, 7) is 14.8. The summed E-state index contributed by atoms with van der Waals surface area (Å²) in [6, 6.07) is 21.1. The maximum atomic E-state index is 14.7. The van der Waals surface area contributed by atoms with Gasteiger partial charge < -0.3 is 9.80 Å². The third-order valence-corrected chi connectivity index (χ3v) is 9.30. The quantitative estimate of drug-likeness (QED) is 0.0759. The number of anilines is 1. The van der Waals surface area contributed by atoms with E-state index in [-0.39, 0.29) is 29.8 Å². The number of rotatable bonds is 8. The van der Waals surface area contributed by atoms with Crippen LogP contribution in [0.1, 0.15) is 81.8 Å². The molecule has 0 bridgehead atoms. The molecule has 5 rings (SSSR count). The predicted octanol–water partition coefficient (Wildman–Crippen LogP) is 9.99. The summed E-state index contributed by atoms with van der Waals surface area (Å²) in [4.78, 5) is 14.6. The number of hydrogen-bond donors (Lipinski definition) is 0. The van der Waals surface area contributed by atoms with E-state index in [0.29, 0.717) is 23.1 Å². The van der Waals surface area contributed by atoms with Crippen molar-refractivity contribution in [1.82, 2.24) is 4.90 Å². The van der Waals surface area contributed by atoms with Crippen molar-refractivity contribution < 1.29 is 27.6 Å². The number of ether oxygens (including phenoxy) is 1. The molecule has 2 aliphatic rings. The van der Waals surface area contributed by atoms with Gasteiger partial charge in [-0.2, -0.15) is 0 Å². The van der Waals surface area contributed by atoms with Crippen LogP contribution >= 0.6 is 19.4 Å². The maximum Gasteiger partial charge on any atom is 0.0983 e. The molecule has 2 heterocycles. The minimum atomic E-state index is -2.03. The standard InChI is InChI=1S/C25H28FN2.C10H11NO3.2ClH.Ru/c1-17(2)20-12-8-13-21(18(3)4)24(20)28-16-23-22(26)14-9-15-27(23)25(28)19-10-6-5-7-11-19;1-7(2)14-10-5-4-9(11(12)13)6-8(10)3;;;/h5-18,23,25H,1-4H3;3-7H,1-2H3;2*1H;/q-1;;;;+2/p-1. The van der Waals surface area contributed by atoms with Gasteiger partial charge in [-0.05, 0) is 52.9 Å². The Bertz CT molecular complexity index is 1560. The van der Waals surface area contributed by atoms with Crippen molar-refractivity contribution in [3.8, 4) is 5.75 Å². The van der Waals surface area contributed by atoms with Crippen LogP contribution in [-0.2, 0) is 13.5 Å². The Morgan fingerprint density at radius 3 is 2.18 bits per heavy atom. The number of fused-ring (bicyclic) bond motifs is 1. The number of aliphatic hydroxyl groups is 1. The van der Waals surface area contributed by atoms with E-state index in [4.69, 9.17) is 19.4 Å². The van der Waals surface area contributed by atoms with Gasteiger partial charge in [0.2, 0.25) is 0 Å². The third kappa shape index (κ3) is 8.41. The molecule has 0 aliphatic carbocycles. The van der Waals surface area contributed by atoms with E-state index in [9.17, 15) is 14.5 Å². The molecule has 2 aliphatic heterocycles. The summed E-state index contributed by atoms with van der Waals surface area (Å²) < 4.78 is 20.8. The van der Waals surface area contributed by atoms with Crippen molar-refractivity contribution in [3.05, 3.63) is 130 Å². The van der Waals surface area contributed by atoms with E-state index >= 15 is 0 Å². The first-order valence-corrected chi connectivity index (χ1v) is 20.3. The molecule has 2 unspecified atom stereocenters. The number of allylic oxidation sites excluding steroid dienone is 2. The Labute approximate surface area is 278 Å². The maximum absolute atomic E-state index is 14.7. The summed E-state index contributed by atoms with van der Waals surface area (Å²) in [5, 5.41) is 10.7. The molecule has 6 nitrogen and oxygen atoms in total. The average Bonchev–Trinajstić information content (AvgIpc) is 3.38. The largest absolute Gasteiger partial charge is 0.498 e. The Hall–Kier alpha value is -3.06. The fourth-order valence-electron chi connectivity index (χ4n) is 5.51. The van der Waals surface area contributed by atoms with Crippen LogP contribution in [0.3, 0.4) is 0 Å². The van der Waals surface area contributed by atoms with E-state index in [1.165, 1.54) is 28.9 Å². The molecule has 45 heavy (non-hydrogen) atoms. The Balaban J connectivity index is 0.000000233. The molecular formula is C35H40Cl2FN3O3Ru. The smallest absolute Gasteiger partial charge is 0.0983 e. The number of non-ortho nitro benzene ring substituents is 1. The number of nitrogens with zero attached hydrogens (tertiary/aromatic N) is 3. The summed E-state index contributed by atoms with van der Waals surface area (Å²) in [6.07, 6.45) is 5.42. The van der Waals surface area contributed by atoms with Gasteiger partial charge in [0.05, 0.1) is 12.0 Å². The zero-order valence-corrected chi connectivity index (χ0v) is 29.5. The van der Waals surface area contributed by atoms with Gasteiger partial charge in [-0.25, -0.2) is 10.9 Å². The average molecular weight is 742 g/mol. The monoisotopic (exact) mass is 741 g/mol. The molecule has 0 amide bonds. The van der Waals surface area contributed by atoms with E-state index in [2.05, 4.69) is 91.2 Å². The molecule has 1 saturated heterocycles. The number of halogens is 3. The molecule has 2 atom stereocenters. The first-order valence-electron chi connectivity index (χ1n) is 14.8. The summed E-state index contributed by atoms with van der Waals surface area (Å²) in [7, 11) is 11.6. The van der Waals surface area contributed by atoms with Crippen LogP contribution in [0.4, 0.5) is 15.8 Å². The van der Waals surface area contributed by atoms with Crippen LogP contribution < -0.4 is 4.90 Å². The Morgan fingerprint density at radius 2 is 1.62 bits per heavy atom. The van der Waals surface area contributed by atoms with Crippen LogP contribution in [0.5, 0.6) is 5.75 Å². The second-order valence-corrected chi connectivity index (χ2v) is 17.5. The van der Waals surface area contributed by atoms with Crippen molar-refractivity contribution in [1.29, 1.82) is 0 Å². The Kier molecular flexibility index (Phi) is 12.0. The molecule has 242 valence electrons. The minimum Gasteiger partial charge on any atom is -0.498 e. The number of aromatic hydroxyl groups is 1. The van der Waals surface area contributed by atoms with Crippen LogP contribution in [-0.4, -0.2) is 31.3 Å². The van der Waals surface area contributed by atoms with Gasteiger partial charge in [0.25, 0.3) is 0 Å². The van der Waals surface area contributed by atoms with Crippen molar-refractivity contribution in [2.75, 3.05) is 4.90 Å². The topological polar surface area (TPSA) is 62.4 Å². The predicted molar refractivity (Wildman–Crippen MR) is 181 cm³/mol. The van der Waals surface area contributed by atoms with Crippen molar-refractivity contribution in [2.45, 2.75) is 71.7 Å². The molecule has 0 radical (unpaired) electrons. The molecule has 1 fully saturated rings. The molecule has 0 spiro atoms. The van der Waals surface area contributed by atoms with E-state index in [0.717, 1.165) is 5.56 Å². The minimum absolute atomic E-state index is 0.0164. The van der Waals surface area contributed by atoms with Crippen molar-refractivity contribution in [2.24, 2.45) is 0 Å². The van der Waals surface area contributed by atoms with Gasteiger partial charge >= 0.3 is 112 Å². The number of para-hydroxylation sites is 1. The zero-order valence-electron chi connectivity index (χ0n) is 26.2. The van der Waals surface area contributed by atoms with Crippen molar-refractivity contribution in [3.63, 3.8) is 0 Å². The van der Waals surface area contributed by atoms with Crippen LogP contribution in [0, 0.1) is 16.7 Å². The second-order valence-electron chi connectivity index (χ2n) is 11.8. The van der Waals surface area contributed by atoms with Gasteiger partial charge in [-0.15, -0.1) is 0 Å². The van der Waals surface area contributed by atoms with Crippen LogP contribution in [0.2, 0.25) is 0 Å². The number of nitro benzene ring substituents is 1. The van der Waals surface area contributed by atoms with Crippen molar-refractivity contribution >= 4 is 35.4 Å². The molecule has 3 aromatic rings. The van der Waals surface area contributed by atoms with E-state index < -0.39 is 18.4 Å². The van der Waals surface area contributed by atoms with Crippen LogP contribution in [0.25, 0.3) is 0 Å². The fraction of sp³-hybridized carbons (Fsp3) is 0.314. The molecule has 10 heteroatoms. The molecule has 0 aromatic heterocycles. The fourth-order valence-corrected chi connectivity index (χ4v) is 7.30. The summed E-state index contributed by atoms with van der Waals surface area (Å²) in [5.74, 6) is 1.34. The van der Waals surface area contributed by atoms with Gasteiger partial charge in [-0.3, -0.25) is 0 Å². The Morgan fingerprint density at radius 1 is 0.978 bits per heavy atom. The van der Waals surface area contributed by atoms with Gasteiger partial charge in [0.15, 0.2) is 0 Å². The number of hydrogen-bond acceptors (Lipinski definition) is 4. The van der Waals surface area contributed by atoms with E-state index in [1.54, 1.807) is 22.8 Å². The molecule has 0 saturated carbocycles. The van der Waals surface area contributed by atoms with Gasteiger partial charge in [-0.1, -0.05) is 76.2 Å². The van der Waals surface area contributed by atoms with Gasteiger partial charge in [0.1, 0.15) is 0 Å². The van der Waals surface area contributed by atoms with E-state index in [1.807, 2.05) is 26.1 Å². The number of nitro groups is 1.